The van der Waals surface area contributed by atoms with Crippen molar-refractivity contribution in [1.82, 2.24) is 15.5 Å². The molecule has 4 nitrogen and oxygen atoms in total. The van der Waals surface area contributed by atoms with Crippen molar-refractivity contribution in [3.05, 3.63) is 0 Å². The van der Waals surface area contributed by atoms with Crippen molar-refractivity contribution in [3.63, 3.8) is 0 Å². The van der Waals surface area contributed by atoms with Gasteiger partial charge >= 0.3 is 0 Å². The first-order valence-corrected chi connectivity index (χ1v) is 6.36. The molecule has 2 rings (SSSR count). The molecule has 2 heterocycles. The van der Waals surface area contributed by atoms with E-state index in [9.17, 15) is 4.79 Å². The van der Waals surface area contributed by atoms with E-state index >= 15 is 0 Å². The summed E-state index contributed by atoms with van der Waals surface area (Å²) in [6.07, 6.45) is 3.83. The summed E-state index contributed by atoms with van der Waals surface area (Å²) in [4.78, 5) is 14.5. The number of nitrogens with one attached hydrogen (secondary N) is 2. The van der Waals surface area contributed by atoms with E-state index in [1.54, 1.807) is 0 Å². The Hall–Kier alpha value is -0.610. The van der Waals surface area contributed by atoms with Crippen molar-refractivity contribution in [3.8, 4) is 0 Å². The summed E-state index contributed by atoms with van der Waals surface area (Å²) in [5.41, 5.74) is -0.268. The smallest absolute Gasteiger partial charge is 0.230 e. The molecule has 4 heteroatoms. The number of carbonyl (C=O) groups excluding carboxylic acids is 1. The number of hydrogen-bond acceptors (Lipinski definition) is 3. The van der Waals surface area contributed by atoms with E-state index in [1.165, 1.54) is 12.8 Å². The second-order valence-corrected chi connectivity index (χ2v) is 5.52. The van der Waals surface area contributed by atoms with Crippen LogP contribution in [0.2, 0.25) is 0 Å². The van der Waals surface area contributed by atoms with Crippen LogP contribution in [-0.2, 0) is 4.79 Å². The molecular formula is C12H23N3O. The second-order valence-electron chi connectivity index (χ2n) is 5.52. The van der Waals surface area contributed by atoms with E-state index < -0.39 is 0 Å². The van der Waals surface area contributed by atoms with Gasteiger partial charge in [0.15, 0.2) is 0 Å². The molecule has 1 unspecified atom stereocenters. The first-order valence-electron chi connectivity index (χ1n) is 6.36. The molecule has 92 valence electrons. The van der Waals surface area contributed by atoms with Crippen LogP contribution in [0.15, 0.2) is 0 Å². The van der Waals surface area contributed by atoms with Crippen LogP contribution >= 0.6 is 0 Å². The van der Waals surface area contributed by atoms with E-state index in [0.29, 0.717) is 0 Å². The summed E-state index contributed by atoms with van der Waals surface area (Å²) in [5.74, 6) is 0.289. The third-order valence-electron chi connectivity index (χ3n) is 3.60. The maximum absolute atomic E-state index is 12.4. The third-order valence-corrected chi connectivity index (χ3v) is 3.60. The van der Waals surface area contributed by atoms with Crippen LogP contribution in [0.1, 0.15) is 33.1 Å². The Labute approximate surface area is 97.8 Å². The maximum Gasteiger partial charge on any atom is 0.230 e. The minimum Gasteiger partial charge on any atom is -0.325 e. The molecular weight excluding hydrogens is 202 g/mol. The molecule has 2 aliphatic heterocycles. The summed E-state index contributed by atoms with van der Waals surface area (Å²) < 4.78 is 0. The van der Waals surface area contributed by atoms with Crippen molar-refractivity contribution in [2.75, 3.05) is 26.2 Å². The van der Waals surface area contributed by atoms with Gasteiger partial charge < -0.3 is 10.2 Å². The Kier molecular flexibility index (Phi) is 3.50. The van der Waals surface area contributed by atoms with Gasteiger partial charge in [0.05, 0.1) is 11.6 Å². The van der Waals surface area contributed by atoms with E-state index in [4.69, 9.17) is 0 Å². The van der Waals surface area contributed by atoms with Gasteiger partial charge in [-0.25, -0.2) is 0 Å². The molecule has 0 aromatic heterocycles. The molecule has 0 aromatic carbocycles. The fourth-order valence-electron chi connectivity index (χ4n) is 2.56. The lowest BCUT2D eigenvalue weighted by atomic mass is 9.91. The molecule has 0 radical (unpaired) electrons. The van der Waals surface area contributed by atoms with Gasteiger partial charge in [0.25, 0.3) is 0 Å². The van der Waals surface area contributed by atoms with Gasteiger partial charge in [-0.2, -0.15) is 0 Å². The van der Waals surface area contributed by atoms with Crippen LogP contribution in [0.3, 0.4) is 0 Å². The van der Waals surface area contributed by atoms with Crippen LogP contribution < -0.4 is 10.6 Å². The topological polar surface area (TPSA) is 44.4 Å². The largest absolute Gasteiger partial charge is 0.325 e. The number of carbonyl (C=O) groups is 1. The van der Waals surface area contributed by atoms with E-state index in [2.05, 4.69) is 10.6 Å². The van der Waals surface area contributed by atoms with Crippen LogP contribution in [0.4, 0.5) is 0 Å². The minimum absolute atomic E-state index is 0.264. The molecule has 1 atom stereocenters. The van der Waals surface area contributed by atoms with Crippen molar-refractivity contribution in [2.24, 2.45) is 5.41 Å². The molecule has 0 bridgehead atoms. The molecule has 2 saturated heterocycles. The Balaban J connectivity index is 2.08. The van der Waals surface area contributed by atoms with E-state index in [-0.39, 0.29) is 17.5 Å². The Morgan fingerprint density at radius 1 is 1.31 bits per heavy atom. The van der Waals surface area contributed by atoms with Crippen molar-refractivity contribution in [2.45, 2.75) is 39.3 Å². The fourth-order valence-corrected chi connectivity index (χ4v) is 2.56. The van der Waals surface area contributed by atoms with Crippen molar-refractivity contribution >= 4 is 5.91 Å². The predicted molar refractivity (Wildman–Crippen MR) is 64.0 cm³/mol. The summed E-state index contributed by atoms with van der Waals surface area (Å²) >= 11 is 0. The zero-order valence-corrected chi connectivity index (χ0v) is 10.4. The molecule has 2 aliphatic rings. The monoisotopic (exact) mass is 225 g/mol. The lowest BCUT2D eigenvalue weighted by molar-refractivity contribution is -0.142. The van der Waals surface area contributed by atoms with Gasteiger partial charge in [0.1, 0.15) is 0 Å². The molecule has 1 amide bonds. The summed E-state index contributed by atoms with van der Waals surface area (Å²) in [5, 5.41) is 6.81. The maximum atomic E-state index is 12.4. The van der Waals surface area contributed by atoms with Gasteiger partial charge in [0, 0.05) is 19.6 Å². The van der Waals surface area contributed by atoms with E-state index in [0.717, 1.165) is 32.6 Å². The first kappa shape index (κ1) is 11.9. The van der Waals surface area contributed by atoms with Gasteiger partial charge in [-0.05, 0) is 39.7 Å². The van der Waals surface area contributed by atoms with Crippen LogP contribution in [0.25, 0.3) is 0 Å². The van der Waals surface area contributed by atoms with Gasteiger partial charge in [-0.1, -0.05) is 0 Å². The predicted octanol–water partition coefficient (Wildman–Crippen LogP) is 0.544. The molecule has 0 spiro atoms. The highest BCUT2D eigenvalue weighted by Gasteiger charge is 2.37. The Morgan fingerprint density at radius 3 is 2.81 bits per heavy atom. The molecule has 0 saturated carbocycles. The van der Waals surface area contributed by atoms with Crippen LogP contribution in [-0.4, -0.2) is 43.2 Å². The van der Waals surface area contributed by atoms with Gasteiger partial charge in [-0.15, -0.1) is 0 Å². The quantitative estimate of drug-likeness (QED) is 0.685. The van der Waals surface area contributed by atoms with Crippen LogP contribution in [0.5, 0.6) is 0 Å². The highest BCUT2D eigenvalue weighted by atomic mass is 16.2. The first-order chi connectivity index (χ1) is 7.61. The van der Waals surface area contributed by atoms with E-state index in [1.807, 2.05) is 18.7 Å². The highest BCUT2D eigenvalue weighted by Crippen LogP contribution is 2.23. The summed E-state index contributed by atoms with van der Waals surface area (Å²) in [7, 11) is 0. The number of nitrogens with zero attached hydrogens (tertiary/aromatic N) is 1. The average molecular weight is 225 g/mol. The standard InChI is InChI=1S/C12H23N3O/c1-12(2)9-13-7-8-15(11(12)16)10-5-3-4-6-14-10/h10,13-14H,3-9H2,1-2H3. The summed E-state index contributed by atoms with van der Waals surface area (Å²) in [6.45, 7) is 7.64. The Morgan fingerprint density at radius 2 is 2.12 bits per heavy atom. The third kappa shape index (κ3) is 2.38. The number of rotatable bonds is 1. The number of hydrogen-bond donors (Lipinski definition) is 2. The molecule has 0 aliphatic carbocycles. The molecule has 0 aromatic rings. The lowest BCUT2D eigenvalue weighted by Gasteiger charge is -2.37. The molecule has 2 N–H and O–H groups in total. The Bertz CT molecular complexity index is 259. The van der Waals surface area contributed by atoms with Crippen LogP contribution in [0, 0.1) is 5.41 Å². The second kappa shape index (κ2) is 4.72. The SMILES string of the molecule is CC1(C)CNCCN(C2CCCCN2)C1=O. The lowest BCUT2D eigenvalue weighted by Crippen LogP contribution is -2.54. The molecule has 2 fully saturated rings. The zero-order valence-electron chi connectivity index (χ0n) is 10.4. The average Bonchev–Trinajstić information content (AvgIpc) is 2.41. The highest BCUT2D eigenvalue weighted by molar-refractivity contribution is 5.82. The number of piperidine rings is 1. The van der Waals surface area contributed by atoms with Gasteiger partial charge in [0.2, 0.25) is 5.91 Å². The van der Waals surface area contributed by atoms with Crippen molar-refractivity contribution in [1.29, 1.82) is 0 Å². The zero-order chi connectivity index (χ0) is 11.6. The normalized spacial score (nSPS) is 31.2. The molecule has 16 heavy (non-hydrogen) atoms. The summed E-state index contributed by atoms with van der Waals surface area (Å²) in [6, 6.07) is 0. The fraction of sp³-hybridized carbons (Fsp3) is 0.917. The van der Waals surface area contributed by atoms with Gasteiger partial charge in [-0.3, -0.25) is 10.1 Å². The minimum atomic E-state index is -0.268. The van der Waals surface area contributed by atoms with Crippen molar-refractivity contribution < 1.29 is 4.79 Å². The number of amides is 1.